The number of aliphatic hydroxyl groups is 1. The van der Waals surface area contributed by atoms with E-state index in [2.05, 4.69) is 22.2 Å². The summed E-state index contributed by atoms with van der Waals surface area (Å²) in [5.74, 6) is -1.25. The van der Waals surface area contributed by atoms with Crippen molar-refractivity contribution >= 4 is 11.9 Å². The lowest BCUT2D eigenvalue weighted by Crippen LogP contribution is -2.16. The van der Waals surface area contributed by atoms with E-state index in [4.69, 9.17) is 4.42 Å². The van der Waals surface area contributed by atoms with Crippen molar-refractivity contribution < 1.29 is 29.0 Å². The van der Waals surface area contributed by atoms with Crippen LogP contribution in [0.4, 0.5) is 4.79 Å². The van der Waals surface area contributed by atoms with Crippen molar-refractivity contribution in [2.24, 2.45) is 0 Å². The lowest BCUT2D eigenvalue weighted by atomic mass is 9.99. The maximum Gasteiger partial charge on any atom is 0.410 e. The van der Waals surface area contributed by atoms with Crippen LogP contribution in [0.2, 0.25) is 0 Å². The van der Waals surface area contributed by atoms with E-state index >= 15 is 0 Å². The van der Waals surface area contributed by atoms with Crippen LogP contribution in [0.5, 0.6) is 5.95 Å². The number of ether oxygens (including phenoxy) is 1. The molecule has 39 heavy (non-hydrogen) atoms. The number of aliphatic hydroxyl groups excluding tert-OH is 1. The molecule has 1 aromatic rings. The number of aromatic hydroxyl groups is 1. The molecule has 1 heterocycles. The highest BCUT2D eigenvalue weighted by atomic mass is 16.5. The minimum absolute atomic E-state index is 0.209. The fourth-order valence-corrected chi connectivity index (χ4v) is 3.63. The normalized spacial score (nSPS) is 14.6. The van der Waals surface area contributed by atoms with E-state index in [0.717, 1.165) is 24.0 Å². The molecule has 214 valence electrons. The zero-order valence-corrected chi connectivity index (χ0v) is 24.0. The molecule has 0 saturated carbocycles. The Morgan fingerprint density at radius 2 is 1.82 bits per heavy atom. The van der Waals surface area contributed by atoms with E-state index in [9.17, 15) is 24.6 Å². The Bertz CT molecular complexity index is 1170. The van der Waals surface area contributed by atoms with Gasteiger partial charge in [0.2, 0.25) is 0 Å². The Morgan fingerprint density at radius 1 is 1.10 bits per heavy atom. The first-order valence-corrected chi connectivity index (χ1v) is 13.2. The van der Waals surface area contributed by atoms with Crippen molar-refractivity contribution in [2.45, 2.75) is 85.2 Å². The minimum Gasteiger partial charge on any atom is -0.480 e. The zero-order chi connectivity index (χ0) is 29.4. The predicted molar refractivity (Wildman–Crippen MR) is 154 cm³/mol. The molecular weight excluding hydrogens is 498 g/mol. The van der Waals surface area contributed by atoms with Crippen molar-refractivity contribution in [3.05, 3.63) is 87.0 Å². The fraction of sp³-hybridized carbons (Fsp3) is 0.452. The molecule has 0 radical (unpaired) electrons. The number of amides is 1. The molecule has 1 rings (SSSR count). The molecular formula is C31H43NO7. The highest BCUT2D eigenvalue weighted by molar-refractivity contribution is 6.09. The van der Waals surface area contributed by atoms with Crippen LogP contribution < -0.4 is 10.7 Å². The SMILES string of the molecule is CC=CCCC=C(C)C(O)CCC(C)=CC=C(C)C(=O)c1c(O)oc(C(C)CCC=CNC(=O)OC)cc1=O. The number of carbonyl (C=O) groups is 2. The van der Waals surface area contributed by atoms with E-state index in [1.165, 1.54) is 19.4 Å². The van der Waals surface area contributed by atoms with Crippen molar-refractivity contribution in [1.82, 2.24) is 5.32 Å². The Labute approximate surface area is 231 Å². The summed E-state index contributed by atoms with van der Waals surface area (Å²) in [5.41, 5.74) is 1.19. The molecule has 2 atom stereocenters. The number of methoxy groups -OCH3 is 1. The van der Waals surface area contributed by atoms with Gasteiger partial charge in [-0.15, -0.1) is 0 Å². The first-order valence-electron chi connectivity index (χ1n) is 13.2. The van der Waals surface area contributed by atoms with Crippen LogP contribution in [0, 0.1) is 0 Å². The van der Waals surface area contributed by atoms with E-state index in [1.54, 1.807) is 25.2 Å². The highest BCUT2D eigenvalue weighted by Gasteiger charge is 2.22. The molecule has 0 bridgehead atoms. The summed E-state index contributed by atoms with van der Waals surface area (Å²) in [6.45, 7) is 9.22. The summed E-state index contributed by atoms with van der Waals surface area (Å²) < 4.78 is 9.90. The smallest absolute Gasteiger partial charge is 0.410 e. The van der Waals surface area contributed by atoms with Crippen LogP contribution >= 0.6 is 0 Å². The average Bonchev–Trinajstić information content (AvgIpc) is 2.91. The van der Waals surface area contributed by atoms with Gasteiger partial charge in [0.15, 0.2) is 16.8 Å². The van der Waals surface area contributed by atoms with Gasteiger partial charge in [0.05, 0.1) is 13.2 Å². The number of nitrogens with one attached hydrogen (secondary N) is 1. The van der Waals surface area contributed by atoms with Gasteiger partial charge in [-0.3, -0.25) is 14.9 Å². The van der Waals surface area contributed by atoms with Gasteiger partial charge in [-0.25, -0.2) is 4.79 Å². The molecule has 0 aliphatic heterocycles. The molecule has 1 aromatic heterocycles. The average molecular weight is 542 g/mol. The van der Waals surface area contributed by atoms with Gasteiger partial charge in [0.1, 0.15) is 5.76 Å². The molecule has 0 saturated heterocycles. The topological polar surface area (TPSA) is 126 Å². The monoisotopic (exact) mass is 541 g/mol. The lowest BCUT2D eigenvalue weighted by molar-refractivity contribution is 0.102. The molecule has 0 spiro atoms. The summed E-state index contributed by atoms with van der Waals surface area (Å²) in [5, 5.41) is 23.2. The Kier molecular flexibility index (Phi) is 15.2. The third kappa shape index (κ3) is 12.2. The van der Waals surface area contributed by atoms with Crippen molar-refractivity contribution in [1.29, 1.82) is 0 Å². The Balaban J connectivity index is 2.79. The second-order valence-corrected chi connectivity index (χ2v) is 9.55. The van der Waals surface area contributed by atoms with Crippen LogP contribution in [0.15, 0.2) is 74.7 Å². The summed E-state index contributed by atoms with van der Waals surface area (Å²) in [4.78, 5) is 36.6. The number of carbonyl (C=O) groups excluding carboxylic acids is 2. The molecule has 0 fully saturated rings. The number of unbranched alkanes of at least 4 members (excludes halogenated alkanes) is 1. The predicted octanol–water partition coefficient (Wildman–Crippen LogP) is 6.62. The molecule has 8 heteroatoms. The highest BCUT2D eigenvalue weighted by Crippen LogP contribution is 2.26. The summed E-state index contributed by atoms with van der Waals surface area (Å²) in [7, 11) is 1.27. The number of allylic oxidation sites excluding steroid dienone is 8. The number of hydrogen-bond donors (Lipinski definition) is 3. The first kappa shape index (κ1) is 33.4. The molecule has 1 amide bonds. The number of alkyl carbamates (subject to hydrolysis) is 1. The molecule has 8 nitrogen and oxygen atoms in total. The van der Waals surface area contributed by atoms with Crippen molar-refractivity contribution in [3.63, 3.8) is 0 Å². The molecule has 0 aliphatic rings. The van der Waals surface area contributed by atoms with Crippen LogP contribution in [-0.2, 0) is 4.74 Å². The second kappa shape index (κ2) is 17.8. The van der Waals surface area contributed by atoms with Gasteiger partial charge < -0.3 is 19.4 Å². The minimum atomic E-state index is -0.703. The first-order chi connectivity index (χ1) is 18.5. The van der Waals surface area contributed by atoms with Crippen LogP contribution in [-0.4, -0.2) is 35.3 Å². The van der Waals surface area contributed by atoms with Crippen molar-refractivity contribution in [3.8, 4) is 5.95 Å². The number of ketones is 1. The number of hydrogen-bond acceptors (Lipinski definition) is 7. The Morgan fingerprint density at radius 3 is 2.46 bits per heavy atom. The summed E-state index contributed by atoms with van der Waals surface area (Å²) >= 11 is 0. The number of Topliss-reactive ketones (excluding diaryl/α,β-unsaturated/α-hetero) is 1. The lowest BCUT2D eigenvalue weighted by Gasteiger charge is -2.12. The number of rotatable bonds is 15. The van der Waals surface area contributed by atoms with Crippen LogP contribution in [0.1, 0.15) is 95.2 Å². The van der Waals surface area contributed by atoms with Gasteiger partial charge in [-0.05, 0) is 77.4 Å². The van der Waals surface area contributed by atoms with E-state index in [1.807, 2.05) is 33.8 Å². The largest absolute Gasteiger partial charge is 0.480 e. The van der Waals surface area contributed by atoms with Gasteiger partial charge >= 0.3 is 6.09 Å². The fourth-order valence-electron chi connectivity index (χ4n) is 3.63. The molecule has 0 aromatic carbocycles. The van der Waals surface area contributed by atoms with Gasteiger partial charge in [-0.2, -0.15) is 0 Å². The zero-order valence-electron chi connectivity index (χ0n) is 24.0. The molecule has 0 aliphatic carbocycles. The van der Waals surface area contributed by atoms with Crippen molar-refractivity contribution in [2.75, 3.05) is 7.11 Å². The maximum absolute atomic E-state index is 12.9. The Hall–Kier alpha value is -3.65. The van der Waals surface area contributed by atoms with E-state index in [0.29, 0.717) is 25.7 Å². The van der Waals surface area contributed by atoms with Crippen LogP contribution in [0.3, 0.4) is 0 Å². The van der Waals surface area contributed by atoms with Crippen LogP contribution in [0.25, 0.3) is 0 Å². The van der Waals surface area contributed by atoms with E-state index in [-0.39, 0.29) is 17.3 Å². The second-order valence-electron chi connectivity index (χ2n) is 9.55. The third-order valence-electron chi connectivity index (χ3n) is 6.28. The quantitative estimate of drug-likeness (QED) is 0.0749. The molecule has 3 N–H and O–H groups in total. The summed E-state index contributed by atoms with van der Waals surface area (Å²) in [6, 6.07) is 1.23. The third-order valence-corrected chi connectivity index (χ3v) is 6.28. The maximum atomic E-state index is 12.9. The van der Waals surface area contributed by atoms with Gasteiger partial charge in [0, 0.05) is 18.2 Å². The standard InChI is InChI=1S/C31H43NO7/c1-7-8-9-10-13-22(3)25(33)18-16-21(2)15-17-24(5)29(35)28-26(34)20-27(39-30(28)36)23(4)14-11-12-19-32-31(37)38-6/h7-8,12-13,15,17,19-20,23,25,33,36H,9-11,14,16,18H2,1-6H3,(H,32,37). The molecule has 2 unspecified atom stereocenters. The summed E-state index contributed by atoms with van der Waals surface area (Å²) in [6.07, 6.45) is 15.8. The van der Waals surface area contributed by atoms with Gasteiger partial charge in [-0.1, -0.05) is 49.0 Å². The van der Waals surface area contributed by atoms with E-state index < -0.39 is 34.9 Å². The van der Waals surface area contributed by atoms with Gasteiger partial charge in [0.25, 0.3) is 5.95 Å².